The van der Waals surface area contributed by atoms with Crippen LogP contribution in [-0.2, 0) is 17.9 Å². The van der Waals surface area contributed by atoms with Crippen molar-refractivity contribution in [1.29, 1.82) is 0 Å². The van der Waals surface area contributed by atoms with E-state index in [0.717, 1.165) is 15.8 Å². The average Bonchev–Trinajstić information content (AvgIpc) is 2.79. The minimum Gasteiger partial charge on any atom is -0.508 e. The Morgan fingerprint density at radius 2 is 1.65 bits per heavy atom. The first-order valence-corrected chi connectivity index (χ1v) is 10.2. The fourth-order valence-electron chi connectivity index (χ4n) is 3.74. The van der Waals surface area contributed by atoms with Gasteiger partial charge < -0.3 is 14.9 Å². The van der Waals surface area contributed by atoms with Gasteiger partial charge in [-0.15, -0.1) is 0 Å². The van der Waals surface area contributed by atoms with Crippen molar-refractivity contribution in [3.63, 3.8) is 0 Å². The summed E-state index contributed by atoms with van der Waals surface area (Å²) in [5, 5.41) is 9.66. The van der Waals surface area contributed by atoms with Crippen molar-refractivity contribution >= 4 is 11.6 Å². The van der Waals surface area contributed by atoms with E-state index in [1.54, 1.807) is 23.1 Å². The summed E-state index contributed by atoms with van der Waals surface area (Å²) >= 11 is 0. The van der Waals surface area contributed by atoms with Gasteiger partial charge in [-0.1, -0.05) is 36.4 Å². The molecule has 1 N–H and O–H groups in total. The largest absolute Gasteiger partial charge is 0.508 e. The molecular formula is C23H24N4O4. The first kappa shape index (κ1) is 20.5. The van der Waals surface area contributed by atoms with E-state index < -0.39 is 11.2 Å². The standard InChI is InChI=1S/C23H24N4O4/c28-20-8-4-7-19(15-20)24-11-13-25(14-12-24)22(30)17-27-21(29)9-10-26(23(27)31)16-18-5-2-1-3-6-18/h1-10,15,28H,11-14,16-17H2. The SMILES string of the molecule is O=C(Cn1c(=O)ccn(Cc2ccccc2)c1=O)N1CCN(c2cccc(O)c2)CC1. The molecule has 4 rings (SSSR count). The van der Waals surface area contributed by atoms with Crippen LogP contribution in [-0.4, -0.2) is 51.2 Å². The number of hydrogen-bond acceptors (Lipinski definition) is 5. The highest BCUT2D eigenvalue weighted by Crippen LogP contribution is 2.21. The number of amides is 1. The maximum Gasteiger partial charge on any atom is 0.331 e. The molecule has 1 fully saturated rings. The maximum atomic E-state index is 12.8. The van der Waals surface area contributed by atoms with Crippen LogP contribution in [0.25, 0.3) is 0 Å². The predicted molar refractivity (Wildman–Crippen MR) is 117 cm³/mol. The Balaban J connectivity index is 1.43. The zero-order valence-corrected chi connectivity index (χ0v) is 17.1. The van der Waals surface area contributed by atoms with Gasteiger partial charge in [0.15, 0.2) is 0 Å². The average molecular weight is 420 g/mol. The van der Waals surface area contributed by atoms with E-state index in [1.807, 2.05) is 36.4 Å². The lowest BCUT2D eigenvalue weighted by Crippen LogP contribution is -2.51. The normalized spacial score (nSPS) is 13.9. The van der Waals surface area contributed by atoms with E-state index in [9.17, 15) is 19.5 Å². The molecule has 1 aliphatic rings. The second-order valence-corrected chi connectivity index (χ2v) is 7.52. The Morgan fingerprint density at radius 3 is 2.35 bits per heavy atom. The smallest absolute Gasteiger partial charge is 0.331 e. The molecule has 2 aromatic carbocycles. The summed E-state index contributed by atoms with van der Waals surface area (Å²) in [5.74, 6) is -0.0570. The molecule has 3 aromatic rings. The van der Waals surface area contributed by atoms with Gasteiger partial charge in [-0.2, -0.15) is 0 Å². The van der Waals surface area contributed by atoms with Crippen LogP contribution in [0.3, 0.4) is 0 Å². The molecule has 1 aromatic heterocycles. The van der Waals surface area contributed by atoms with Crippen molar-refractivity contribution in [3.05, 3.63) is 93.3 Å². The van der Waals surface area contributed by atoms with Gasteiger partial charge >= 0.3 is 5.69 Å². The first-order chi connectivity index (χ1) is 15.0. The number of phenols is 1. The molecular weight excluding hydrogens is 396 g/mol. The molecule has 2 heterocycles. The third-order valence-corrected chi connectivity index (χ3v) is 5.46. The molecule has 0 aliphatic carbocycles. The van der Waals surface area contributed by atoms with E-state index >= 15 is 0 Å². The summed E-state index contributed by atoms with van der Waals surface area (Å²) in [6.45, 7) is 2.23. The number of rotatable bonds is 5. The van der Waals surface area contributed by atoms with Crippen LogP contribution < -0.4 is 16.1 Å². The van der Waals surface area contributed by atoms with Crippen molar-refractivity contribution < 1.29 is 9.90 Å². The van der Waals surface area contributed by atoms with E-state index in [4.69, 9.17) is 0 Å². The molecule has 0 atom stereocenters. The van der Waals surface area contributed by atoms with Crippen LogP contribution >= 0.6 is 0 Å². The summed E-state index contributed by atoms with van der Waals surface area (Å²) in [6.07, 6.45) is 1.46. The van der Waals surface area contributed by atoms with Crippen LogP contribution in [0.1, 0.15) is 5.56 Å². The molecule has 0 unspecified atom stereocenters. The number of benzene rings is 2. The molecule has 160 valence electrons. The molecule has 0 bridgehead atoms. The third-order valence-electron chi connectivity index (χ3n) is 5.46. The van der Waals surface area contributed by atoms with Crippen molar-refractivity contribution in [2.45, 2.75) is 13.1 Å². The molecule has 0 radical (unpaired) electrons. The second-order valence-electron chi connectivity index (χ2n) is 7.52. The van der Waals surface area contributed by atoms with Gasteiger partial charge in [-0.3, -0.25) is 18.7 Å². The van der Waals surface area contributed by atoms with Crippen LogP contribution in [0.2, 0.25) is 0 Å². The monoisotopic (exact) mass is 420 g/mol. The van der Waals surface area contributed by atoms with E-state index in [1.165, 1.54) is 16.8 Å². The number of carbonyl (C=O) groups excluding carboxylic acids is 1. The van der Waals surface area contributed by atoms with Gasteiger partial charge in [0, 0.05) is 50.2 Å². The van der Waals surface area contributed by atoms with Crippen molar-refractivity contribution in [3.8, 4) is 5.75 Å². The Morgan fingerprint density at radius 1 is 0.903 bits per heavy atom. The van der Waals surface area contributed by atoms with Crippen LogP contribution in [0.15, 0.2) is 76.4 Å². The highest BCUT2D eigenvalue weighted by atomic mass is 16.3. The molecule has 1 saturated heterocycles. The number of aromatic hydroxyl groups is 1. The Hall–Kier alpha value is -3.81. The van der Waals surface area contributed by atoms with Gasteiger partial charge in [0.1, 0.15) is 12.3 Å². The number of aromatic nitrogens is 2. The van der Waals surface area contributed by atoms with Crippen LogP contribution in [0, 0.1) is 0 Å². The fraction of sp³-hybridized carbons (Fsp3) is 0.261. The number of anilines is 1. The third kappa shape index (κ3) is 4.69. The number of hydrogen-bond donors (Lipinski definition) is 1. The van der Waals surface area contributed by atoms with Crippen molar-refractivity contribution in [1.82, 2.24) is 14.0 Å². The Labute approximate surface area is 179 Å². The minimum absolute atomic E-state index is 0.200. The summed E-state index contributed by atoms with van der Waals surface area (Å²) in [4.78, 5) is 41.6. The molecule has 8 nitrogen and oxygen atoms in total. The Bertz CT molecular complexity index is 1180. The number of phenolic OH excluding ortho intramolecular Hbond substituents is 1. The molecule has 0 saturated carbocycles. The minimum atomic E-state index is -0.497. The Kier molecular flexibility index (Phi) is 5.88. The first-order valence-electron chi connectivity index (χ1n) is 10.2. The number of nitrogens with zero attached hydrogens (tertiary/aromatic N) is 4. The van der Waals surface area contributed by atoms with Gasteiger partial charge in [-0.05, 0) is 17.7 Å². The summed E-state index contributed by atoms with van der Waals surface area (Å²) in [6, 6.07) is 17.8. The predicted octanol–water partition coefficient (Wildman–Crippen LogP) is 1.11. The quantitative estimate of drug-likeness (QED) is 0.668. The molecule has 1 aliphatic heterocycles. The topological polar surface area (TPSA) is 87.8 Å². The fourth-order valence-corrected chi connectivity index (χ4v) is 3.74. The zero-order chi connectivity index (χ0) is 21.8. The zero-order valence-electron chi connectivity index (χ0n) is 17.1. The lowest BCUT2D eigenvalue weighted by molar-refractivity contribution is -0.132. The molecule has 0 spiro atoms. The lowest BCUT2D eigenvalue weighted by Gasteiger charge is -2.36. The van der Waals surface area contributed by atoms with Crippen molar-refractivity contribution in [2.75, 3.05) is 31.1 Å². The van der Waals surface area contributed by atoms with Gasteiger partial charge in [-0.25, -0.2) is 4.79 Å². The summed E-state index contributed by atoms with van der Waals surface area (Å²) in [7, 11) is 0. The van der Waals surface area contributed by atoms with Crippen LogP contribution in [0.5, 0.6) is 5.75 Å². The van der Waals surface area contributed by atoms with E-state index in [0.29, 0.717) is 32.7 Å². The van der Waals surface area contributed by atoms with Gasteiger partial charge in [0.05, 0.1) is 6.54 Å². The van der Waals surface area contributed by atoms with E-state index in [-0.39, 0.29) is 18.2 Å². The van der Waals surface area contributed by atoms with E-state index in [2.05, 4.69) is 4.90 Å². The van der Waals surface area contributed by atoms with Crippen LogP contribution in [0.4, 0.5) is 5.69 Å². The molecule has 8 heteroatoms. The summed E-state index contributed by atoms with van der Waals surface area (Å²) in [5.41, 5.74) is 0.850. The van der Waals surface area contributed by atoms with Crippen molar-refractivity contribution in [2.24, 2.45) is 0 Å². The highest BCUT2D eigenvalue weighted by molar-refractivity contribution is 5.76. The van der Waals surface area contributed by atoms with Gasteiger partial charge in [0.2, 0.25) is 5.91 Å². The maximum absolute atomic E-state index is 12.8. The molecule has 31 heavy (non-hydrogen) atoms. The lowest BCUT2D eigenvalue weighted by atomic mass is 10.2. The summed E-state index contributed by atoms with van der Waals surface area (Å²) < 4.78 is 2.43. The molecule has 1 amide bonds. The van der Waals surface area contributed by atoms with Gasteiger partial charge in [0.25, 0.3) is 5.56 Å². The number of carbonyl (C=O) groups is 1. The number of piperazine rings is 1. The second kappa shape index (κ2) is 8.91. The highest BCUT2D eigenvalue weighted by Gasteiger charge is 2.22.